The first-order valence-corrected chi connectivity index (χ1v) is 12.5. The Bertz CT molecular complexity index is 1380. The van der Waals surface area contributed by atoms with Crippen LogP contribution in [0.3, 0.4) is 0 Å². The van der Waals surface area contributed by atoms with Crippen molar-refractivity contribution in [2.75, 3.05) is 13.1 Å². The Balaban J connectivity index is 1.65. The molecule has 0 spiro atoms. The standard InChI is InChI=1S/C25H24F2N4O4S/c26-20-7-9-22(10-8-20)36(34,35)31-12-11-30(25(33)19-5-2-6-21(27)14-19)24(31)23(32)29-16-18-4-1-3-17(13-18)15-28/h1-10,13-14,24H,11-12,15-16,28H2,(H,29,32). The predicted molar refractivity (Wildman–Crippen MR) is 128 cm³/mol. The lowest BCUT2D eigenvalue weighted by atomic mass is 10.1. The molecule has 1 saturated heterocycles. The summed E-state index contributed by atoms with van der Waals surface area (Å²) in [5, 5.41) is 2.69. The Kier molecular flexibility index (Phi) is 7.43. The van der Waals surface area contributed by atoms with Gasteiger partial charge in [0.1, 0.15) is 11.6 Å². The molecular formula is C25H24F2N4O4S. The van der Waals surface area contributed by atoms with Crippen molar-refractivity contribution < 1.29 is 26.8 Å². The van der Waals surface area contributed by atoms with Gasteiger partial charge in [0.15, 0.2) is 6.17 Å². The highest BCUT2D eigenvalue weighted by atomic mass is 32.2. The molecule has 36 heavy (non-hydrogen) atoms. The Labute approximate surface area is 207 Å². The zero-order valence-electron chi connectivity index (χ0n) is 19.1. The highest BCUT2D eigenvalue weighted by molar-refractivity contribution is 7.89. The molecular weight excluding hydrogens is 490 g/mol. The third kappa shape index (κ3) is 5.27. The van der Waals surface area contributed by atoms with Gasteiger partial charge in [-0.1, -0.05) is 30.3 Å². The molecule has 1 atom stereocenters. The smallest absolute Gasteiger partial charge is 0.259 e. The maximum Gasteiger partial charge on any atom is 0.259 e. The SMILES string of the molecule is NCc1cccc(CNC(=O)C2N(C(=O)c3cccc(F)c3)CCN2S(=O)(=O)c2ccc(F)cc2)c1. The van der Waals surface area contributed by atoms with Gasteiger partial charge in [-0.25, -0.2) is 17.2 Å². The van der Waals surface area contributed by atoms with E-state index in [1.54, 1.807) is 18.2 Å². The molecule has 2 amide bonds. The number of benzene rings is 3. The number of nitrogens with zero attached hydrogens (tertiary/aromatic N) is 2. The summed E-state index contributed by atoms with van der Waals surface area (Å²) in [7, 11) is -4.28. The van der Waals surface area contributed by atoms with E-state index in [-0.39, 0.29) is 30.1 Å². The third-order valence-corrected chi connectivity index (χ3v) is 7.68. The van der Waals surface area contributed by atoms with E-state index in [1.165, 1.54) is 18.2 Å². The van der Waals surface area contributed by atoms with Gasteiger partial charge >= 0.3 is 0 Å². The topological polar surface area (TPSA) is 113 Å². The molecule has 1 heterocycles. The number of amides is 2. The van der Waals surface area contributed by atoms with Crippen molar-refractivity contribution in [3.05, 3.63) is 101 Å². The Hall–Kier alpha value is -3.67. The largest absolute Gasteiger partial charge is 0.349 e. The minimum atomic E-state index is -4.28. The molecule has 1 unspecified atom stereocenters. The molecule has 3 aromatic rings. The van der Waals surface area contributed by atoms with Crippen LogP contribution in [0.5, 0.6) is 0 Å². The Morgan fingerprint density at radius 1 is 0.917 bits per heavy atom. The Morgan fingerprint density at radius 3 is 2.31 bits per heavy atom. The summed E-state index contributed by atoms with van der Waals surface area (Å²) in [5.74, 6) is -2.69. The monoisotopic (exact) mass is 514 g/mol. The lowest BCUT2D eigenvalue weighted by Crippen LogP contribution is -2.53. The van der Waals surface area contributed by atoms with Crippen LogP contribution in [0.4, 0.5) is 8.78 Å². The maximum atomic E-state index is 13.8. The van der Waals surface area contributed by atoms with Crippen molar-refractivity contribution in [3.63, 3.8) is 0 Å². The van der Waals surface area contributed by atoms with E-state index in [2.05, 4.69) is 5.32 Å². The zero-order chi connectivity index (χ0) is 25.9. The van der Waals surface area contributed by atoms with Crippen molar-refractivity contribution in [2.45, 2.75) is 24.2 Å². The summed E-state index contributed by atoms with van der Waals surface area (Å²) < 4.78 is 54.8. The minimum absolute atomic E-state index is 0.0236. The summed E-state index contributed by atoms with van der Waals surface area (Å²) >= 11 is 0. The summed E-state index contributed by atoms with van der Waals surface area (Å²) in [4.78, 5) is 27.4. The van der Waals surface area contributed by atoms with E-state index in [1.807, 2.05) is 6.07 Å². The first-order chi connectivity index (χ1) is 17.2. The Morgan fingerprint density at radius 2 is 1.61 bits per heavy atom. The molecule has 0 aliphatic carbocycles. The van der Waals surface area contributed by atoms with E-state index in [4.69, 9.17) is 5.73 Å². The van der Waals surface area contributed by atoms with Crippen molar-refractivity contribution in [3.8, 4) is 0 Å². The van der Waals surface area contributed by atoms with Crippen LogP contribution in [0, 0.1) is 11.6 Å². The molecule has 188 valence electrons. The van der Waals surface area contributed by atoms with Gasteiger partial charge in [-0.05, 0) is 53.6 Å². The number of sulfonamides is 1. The van der Waals surface area contributed by atoms with Gasteiger partial charge in [0.05, 0.1) is 4.90 Å². The van der Waals surface area contributed by atoms with Crippen LogP contribution in [0.2, 0.25) is 0 Å². The predicted octanol–water partition coefficient (Wildman–Crippen LogP) is 2.21. The van der Waals surface area contributed by atoms with Gasteiger partial charge in [-0.15, -0.1) is 0 Å². The highest BCUT2D eigenvalue weighted by Crippen LogP contribution is 2.26. The van der Waals surface area contributed by atoms with Gasteiger partial charge in [-0.3, -0.25) is 9.59 Å². The van der Waals surface area contributed by atoms with Crippen LogP contribution in [-0.2, 0) is 27.9 Å². The van der Waals surface area contributed by atoms with E-state index in [0.717, 1.165) is 50.7 Å². The van der Waals surface area contributed by atoms with Gasteiger partial charge in [0.2, 0.25) is 10.0 Å². The van der Waals surface area contributed by atoms with Crippen LogP contribution in [0.25, 0.3) is 0 Å². The van der Waals surface area contributed by atoms with Crippen LogP contribution < -0.4 is 11.1 Å². The lowest BCUT2D eigenvalue weighted by molar-refractivity contribution is -0.127. The second-order valence-electron chi connectivity index (χ2n) is 8.19. The molecule has 3 aromatic carbocycles. The number of hydrogen-bond donors (Lipinski definition) is 2. The number of nitrogens with two attached hydrogens (primary N) is 1. The maximum absolute atomic E-state index is 13.8. The molecule has 3 N–H and O–H groups in total. The highest BCUT2D eigenvalue weighted by Gasteiger charge is 2.46. The van der Waals surface area contributed by atoms with Crippen molar-refractivity contribution in [1.29, 1.82) is 0 Å². The molecule has 1 aliphatic heterocycles. The van der Waals surface area contributed by atoms with Crippen molar-refractivity contribution in [2.24, 2.45) is 5.73 Å². The minimum Gasteiger partial charge on any atom is -0.349 e. The number of carbonyl (C=O) groups excluding carboxylic acids is 2. The molecule has 0 aromatic heterocycles. The molecule has 0 saturated carbocycles. The fraction of sp³-hybridized carbons (Fsp3) is 0.200. The molecule has 0 bridgehead atoms. The van der Waals surface area contributed by atoms with Crippen LogP contribution in [-0.4, -0.2) is 48.7 Å². The van der Waals surface area contributed by atoms with Gasteiger partial charge in [0.25, 0.3) is 11.8 Å². The van der Waals surface area contributed by atoms with Gasteiger partial charge in [0, 0.05) is 31.7 Å². The van der Waals surface area contributed by atoms with Crippen LogP contribution in [0.1, 0.15) is 21.5 Å². The fourth-order valence-corrected chi connectivity index (χ4v) is 5.56. The summed E-state index contributed by atoms with van der Waals surface area (Å²) in [6, 6.07) is 16.3. The number of hydrogen-bond acceptors (Lipinski definition) is 5. The quantitative estimate of drug-likeness (QED) is 0.502. The van der Waals surface area contributed by atoms with Crippen molar-refractivity contribution >= 4 is 21.8 Å². The van der Waals surface area contributed by atoms with Gasteiger partial charge < -0.3 is 16.0 Å². The summed E-state index contributed by atoms with van der Waals surface area (Å²) in [6.45, 7) is 0.0949. The number of nitrogens with one attached hydrogen (secondary N) is 1. The molecule has 8 nitrogen and oxygen atoms in total. The van der Waals surface area contributed by atoms with Crippen LogP contribution in [0.15, 0.2) is 77.7 Å². The number of halogens is 2. The molecule has 11 heteroatoms. The summed E-state index contributed by atoms with van der Waals surface area (Å²) in [5.41, 5.74) is 7.23. The van der Waals surface area contributed by atoms with E-state index < -0.39 is 39.6 Å². The lowest BCUT2D eigenvalue weighted by Gasteiger charge is -2.29. The molecule has 1 fully saturated rings. The van der Waals surface area contributed by atoms with E-state index >= 15 is 0 Å². The van der Waals surface area contributed by atoms with Crippen LogP contribution >= 0.6 is 0 Å². The summed E-state index contributed by atoms with van der Waals surface area (Å²) in [6.07, 6.45) is -1.53. The van der Waals surface area contributed by atoms with Gasteiger partial charge in [-0.2, -0.15) is 4.31 Å². The third-order valence-electron chi connectivity index (χ3n) is 5.81. The second kappa shape index (κ2) is 10.5. The molecule has 4 rings (SSSR count). The number of rotatable bonds is 7. The average Bonchev–Trinajstić information content (AvgIpc) is 3.33. The van der Waals surface area contributed by atoms with E-state index in [9.17, 15) is 26.8 Å². The van der Waals surface area contributed by atoms with Crippen molar-refractivity contribution in [1.82, 2.24) is 14.5 Å². The molecule has 0 radical (unpaired) electrons. The fourth-order valence-electron chi connectivity index (χ4n) is 4.02. The van der Waals surface area contributed by atoms with E-state index in [0.29, 0.717) is 6.54 Å². The zero-order valence-corrected chi connectivity index (χ0v) is 19.9. The number of carbonyl (C=O) groups is 2. The molecule has 1 aliphatic rings. The normalized spacial score (nSPS) is 16.2. The first-order valence-electron chi connectivity index (χ1n) is 11.1. The second-order valence-corrected chi connectivity index (χ2v) is 10.1. The first kappa shape index (κ1) is 25.4. The average molecular weight is 515 g/mol.